The van der Waals surface area contributed by atoms with Gasteiger partial charge in [0.1, 0.15) is 5.78 Å². The van der Waals surface area contributed by atoms with E-state index >= 15 is 0 Å². The fraction of sp³-hybridized carbons (Fsp3) is 0.900. The molecule has 4 aliphatic carbocycles. The van der Waals surface area contributed by atoms with E-state index in [1.807, 2.05) is 0 Å². The second-order valence-corrected chi connectivity index (χ2v) is 7.18. The maximum atomic E-state index is 11.9. The third-order valence-corrected chi connectivity index (χ3v) is 6.52. The van der Waals surface area contributed by atoms with E-state index in [9.17, 15) is 13.2 Å². The van der Waals surface area contributed by atoms with E-state index in [0.717, 1.165) is 6.42 Å². The second-order valence-electron chi connectivity index (χ2n) is 5.73. The summed E-state index contributed by atoms with van der Waals surface area (Å²) in [7, 11) is -4.01. The summed E-state index contributed by atoms with van der Waals surface area (Å²) in [4.78, 5) is 11.9. The first-order valence-electron chi connectivity index (χ1n) is 5.41. The van der Waals surface area contributed by atoms with Crippen molar-refractivity contribution in [2.75, 3.05) is 5.75 Å². The highest BCUT2D eigenvalue weighted by Gasteiger charge is 2.92. The largest absolute Gasteiger partial charge is 0.299 e. The van der Waals surface area contributed by atoms with Gasteiger partial charge in [0.05, 0.1) is 11.2 Å². The molecular weight excluding hydrogens is 216 g/mol. The van der Waals surface area contributed by atoms with Crippen LogP contribution in [0.25, 0.3) is 0 Å². The molecule has 0 bridgehead atoms. The zero-order valence-electron chi connectivity index (χ0n) is 8.14. The van der Waals surface area contributed by atoms with Crippen LogP contribution >= 0.6 is 0 Å². The lowest BCUT2D eigenvalue weighted by Gasteiger charge is -2.89. The van der Waals surface area contributed by atoms with Crippen LogP contribution in [0.2, 0.25) is 0 Å². The molecule has 15 heavy (non-hydrogen) atoms. The zero-order valence-corrected chi connectivity index (χ0v) is 8.96. The van der Waals surface area contributed by atoms with Crippen LogP contribution in [0.3, 0.4) is 0 Å². The summed E-state index contributed by atoms with van der Waals surface area (Å²) in [5, 5.41) is 0. The van der Waals surface area contributed by atoms with Gasteiger partial charge in [-0.1, -0.05) is 0 Å². The number of rotatable bonds is 2. The van der Waals surface area contributed by atoms with Crippen molar-refractivity contribution < 1.29 is 17.8 Å². The minimum Gasteiger partial charge on any atom is -0.299 e. The molecule has 5 unspecified atom stereocenters. The Hall–Kier alpha value is -0.420. The topological polar surface area (TPSA) is 71.4 Å². The molecule has 4 aliphatic rings. The molecule has 82 valence electrons. The average molecular weight is 228 g/mol. The Morgan fingerprint density at radius 1 is 1.33 bits per heavy atom. The van der Waals surface area contributed by atoms with E-state index in [1.165, 1.54) is 6.42 Å². The highest BCUT2D eigenvalue weighted by molar-refractivity contribution is 7.85. The summed E-state index contributed by atoms with van der Waals surface area (Å²) in [5.74, 6) is 1.12. The molecule has 0 radical (unpaired) electrons. The van der Waals surface area contributed by atoms with Crippen molar-refractivity contribution >= 4 is 15.9 Å². The molecule has 1 spiro atoms. The molecule has 0 saturated heterocycles. The Bertz CT molecular complexity index is 490. The Morgan fingerprint density at radius 3 is 2.60 bits per heavy atom. The third-order valence-electron chi connectivity index (χ3n) is 5.66. The first-order chi connectivity index (χ1) is 6.92. The Balaban J connectivity index is 1.76. The lowest BCUT2D eigenvalue weighted by atomic mass is 9.13. The van der Waals surface area contributed by atoms with Crippen molar-refractivity contribution in [3.63, 3.8) is 0 Å². The van der Waals surface area contributed by atoms with Crippen molar-refractivity contribution in [1.29, 1.82) is 0 Å². The Kier molecular flexibility index (Phi) is 1.11. The van der Waals surface area contributed by atoms with Crippen LogP contribution < -0.4 is 0 Å². The van der Waals surface area contributed by atoms with Crippen LogP contribution in [-0.4, -0.2) is 24.5 Å². The Morgan fingerprint density at radius 2 is 2.07 bits per heavy atom. The molecular formula is C10H12O4S. The van der Waals surface area contributed by atoms with Gasteiger partial charge in [0.15, 0.2) is 0 Å². The maximum Gasteiger partial charge on any atom is 0.265 e. The lowest BCUT2D eigenvalue weighted by Crippen LogP contribution is -2.91. The van der Waals surface area contributed by atoms with Gasteiger partial charge in [0.2, 0.25) is 0 Å². The predicted octanol–water partition coefficient (Wildman–Crippen LogP) is 0.489. The fourth-order valence-corrected chi connectivity index (χ4v) is 6.51. The molecule has 0 amide bonds. The first kappa shape index (κ1) is 8.70. The van der Waals surface area contributed by atoms with Gasteiger partial charge < -0.3 is 0 Å². The monoisotopic (exact) mass is 228 g/mol. The maximum absolute atomic E-state index is 11.9. The third kappa shape index (κ3) is 0.589. The van der Waals surface area contributed by atoms with Crippen LogP contribution in [0.5, 0.6) is 0 Å². The van der Waals surface area contributed by atoms with Gasteiger partial charge in [-0.05, 0) is 36.5 Å². The van der Waals surface area contributed by atoms with Crippen molar-refractivity contribution in [2.24, 2.45) is 28.6 Å². The van der Waals surface area contributed by atoms with Gasteiger partial charge in [-0.25, -0.2) is 0 Å². The van der Waals surface area contributed by atoms with Crippen LogP contribution in [0, 0.1) is 28.6 Å². The van der Waals surface area contributed by atoms with E-state index in [-0.39, 0.29) is 22.9 Å². The van der Waals surface area contributed by atoms with Gasteiger partial charge in [-0.15, -0.1) is 0 Å². The highest BCUT2D eigenvalue weighted by atomic mass is 32.2. The number of carbonyl (C=O) groups is 1. The summed E-state index contributed by atoms with van der Waals surface area (Å²) in [6.45, 7) is 0. The second kappa shape index (κ2) is 1.91. The zero-order chi connectivity index (χ0) is 10.6. The average Bonchev–Trinajstić information content (AvgIpc) is 2.01. The lowest BCUT2D eigenvalue weighted by molar-refractivity contribution is -0.372. The van der Waals surface area contributed by atoms with E-state index in [4.69, 9.17) is 4.55 Å². The molecule has 0 aromatic rings. The SMILES string of the molecule is O=C1C2CC3CC4CC1(CS(=O)(=O)O)C342. The quantitative estimate of drug-likeness (QED) is 0.698. The molecule has 5 atom stereocenters. The summed E-state index contributed by atoms with van der Waals surface area (Å²) in [6, 6.07) is 0. The molecule has 4 fully saturated rings. The molecule has 0 heterocycles. The van der Waals surface area contributed by atoms with Crippen molar-refractivity contribution in [3.8, 4) is 0 Å². The van der Waals surface area contributed by atoms with Crippen molar-refractivity contribution in [1.82, 2.24) is 0 Å². The summed E-state index contributed by atoms with van der Waals surface area (Å²) < 4.78 is 30.9. The minimum absolute atomic E-state index is 0.0416. The fourth-order valence-electron chi connectivity index (χ4n) is 5.38. The summed E-state index contributed by atoms with van der Waals surface area (Å²) in [5.41, 5.74) is -0.614. The standard InChI is InChI=1S/C10H12O4S/c11-8-7-2-5-1-6-3-9(8,10(5,6)7)4-15(12,13)14/h5-7H,1-4H2,(H,12,13,14). The number of ketones is 1. The van der Waals surface area contributed by atoms with E-state index in [1.54, 1.807) is 0 Å². The first-order valence-corrected chi connectivity index (χ1v) is 7.02. The van der Waals surface area contributed by atoms with Crippen molar-refractivity contribution in [2.45, 2.75) is 19.3 Å². The van der Waals surface area contributed by atoms with Gasteiger partial charge >= 0.3 is 0 Å². The minimum atomic E-state index is -4.01. The molecule has 0 aliphatic heterocycles. The molecule has 4 rings (SSSR count). The molecule has 4 nitrogen and oxygen atoms in total. The number of hydrogen-bond donors (Lipinski definition) is 1. The number of Topliss-reactive ketones (excluding diaryl/α,β-unsaturated/α-hetero) is 1. The van der Waals surface area contributed by atoms with Gasteiger partial charge in [0.25, 0.3) is 10.1 Å². The van der Waals surface area contributed by atoms with Crippen LogP contribution in [0.4, 0.5) is 0 Å². The molecule has 0 aromatic heterocycles. The Labute approximate surface area is 87.8 Å². The van der Waals surface area contributed by atoms with E-state index in [2.05, 4.69) is 0 Å². The molecule has 4 saturated carbocycles. The van der Waals surface area contributed by atoms with Crippen LogP contribution in [0.15, 0.2) is 0 Å². The summed E-state index contributed by atoms with van der Waals surface area (Å²) >= 11 is 0. The number of carbonyl (C=O) groups excluding carboxylic acids is 1. The molecule has 0 aromatic carbocycles. The molecule has 5 heteroatoms. The smallest absolute Gasteiger partial charge is 0.265 e. The van der Waals surface area contributed by atoms with E-state index < -0.39 is 15.5 Å². The van der Waals surface area contributed by atoms with Gasteiger partial charge in [-0.2, -0.15) is 8.42 Å². The van der Waals surface area contributed by atoms with Gasteiger partial charge in [-0.3, -0.25) is 9.35 Å². The normalized spacial score (nSPS) is 59.0. The van der Waals surface area contributed by atoms with Crippen molar-refractivity contribution in [3.05, 3.63) is 0 Å². The van der Waals surface area contributed by atoms with Gasteiger partial charge in [0, 0.05) is 5.92 Å². The van der Waals surface area contributed by atoms with E-state index in [0.29, 0.717) is 18.3 Å². The number of hydrogen-bond acceptors (Lipinski definition) is 3. The predicted molar refractivity (Wildman–Crippen MR) is 50.6 cm³/mol. The highest BCUT2D eigenvalue weighted by Crippen LogP contribution is 2.91. The van der Waals surface area contributed by atoms with Crippen LogP contribution in [0.1, 0.15) is 19.3 Å². The molecule has 1 N–H and O–H groups in total. The summed E-state index contributed by atoms with van der Waals surface area (Å²) in [6.07, 6.45) is 2.86. The van der Waals surface area contributed by atoms with Crippen LogP contribution in [-0.2, 0) is 14.9 Å².